The Balaban J connectivity index is 0.00000324. The van der Waals surface area contributed by atoms with Crippen molar-refractivity contribution >= 4 is 35.3 Å². The minimum Gasteiger partial charge on any atom is -0.492 e. The van der Waals surface area contributed by atoms with Gasteiger partial charge in [-0.3, -0.25) is 4.79 Å². The first-order valence-electron chi connectivity index (χ1n) is 10.7. The number of benzene rings is 2. The average Bonchev–Trinajstić information content (AvgIpc) is 2.80. The van der Waals surface area contributed by atoms with E-state index in [1.165, 1.54) is 24.3 Å². The van der Waals surface area contributed by atoms with Crippen molar-refractivity contribution in [1.29, 1.82) is 0 Å². The fourth-order valence-corrected chi connectivity index (χ4v) is 4.05. The second kappa shape index (κ2) is 10.3. The van der Waals surface area contributed by atoms with Crippen LogP contribution < -0.4 is 10.4 Å². The van der Waals surface area contributed by atoms with Gasteiger partial charge in [0.2, 0.25) is 0 Å². The molecule has 0 fully saturated rings. The standard InChI is InChI=1S/C25H26N2O6.ClH/c1-15-21(32-13-12-26(2)3)9-8-19-18-10-11-27(14-20(18)25(31)33-22(15)19)23(28)16-4-6-17(7-5-16)24(29)30;/h4-9H,10-14H2,1-3H3,(H,29,30);1H. The molecule has 0 bridgehead atoms. The SMILES string of the molecule is Cc1c(OCCN(C)C)ccc2c3c(c(=O)oc12)CN(C(=O)c1ccc(C(=O)O)cc1)CC3.Cl. The molecule has 1 aliphatic heterocycles. The summed E-state index contributed by atoms with van der Waals surface area (Å²) in [6, 6.07) is 9.59. The van der Waals surface area contributed by atoms with Crippen LogP contribution in [0.5, 0.6) is 5.75 Å². The number of carbonyl (C=O) groups is 2. The number of nitrogens with zero attached hydrogens (tertiary/aromatic N) is 2. The second-order valence-corrected chi connectivity index (χ2v) is 8.42. The number of aromatic carboxylic acids is 1. The van der Waals surface area contributed by atoms with E-state index in [0.29, 0.717) is 42.0 Å². The fourth-order valence-electron chi connectivity index (χ4n) is 4.05. The highest BCUT2D eigenvalue weighted by Crippen LogP contribution is 2.32. The summed E-state index contributed by atoms with van der Waals surface area (Å²) in [5, 5.41) is 9.90. The number of fused-ring (bicyclic) bond motifs is 3. The van der Waals surface area contributed by atoms with E-state index >= 15 is 0 Å². The number of likely N-dealkylation sites (N-methyl/N-ethyl adjacent to an activating group) is 1. The van der Waals surface area contributed by atoms with E-state index in [4.69, 9.17) is 14.3 Å². The van der Waals surface area contributed by atoms with Crippen LogP contribution in [0.2, 0.25) is 0 Å². The maximum Gasteiger partial charge on any atom is 0.341 e. The van der Waals surface area contributed by atoms with Crippen molar-refractivity contribution in [2.45, 2.75) is 19.9 Å². The highest BCUT2D eigenvalue weighted by atomic mass is 35.5. The number of ether oxygens (including phenoxy) is 1. The highest BCUT2D eigenvalue weighted by Gasteiger charge is 2.27. The molecule has 3 aromatic rings. The van der Waals surface area contributed by atoms with E-state index in [-0.39, 0.29) is 30.4 Å². The van der Waals surface area contributed by atoms with Crippen LogP contribution in [0.15, 0.2) is 45.6 Å². The van der Waals surface area contributed by atoms with Crippen molar-refractivity contribution < 1.29 is 23.8 Å². The zero-order chi connectivity index (χ0) is 23.7. The number of halogens is 1. The monoisotopic (exact) mass is 486 g/mol. The van der Waals surface area contributed by atoms with Gasteiger partial charge in [0, 0.05) is 29.6 Å². The number of hydrogen-bond donors (Lipinski definition) is 1. The topological polar surface area (TPSA) is 100 Å². The summed E-state index contributed by atoms with van der Waals surface area (Å²) >= 11 is 0. The molecule has 0 saturated carbocycles. The van der Waals surface area contributed by atoms with Crippen molar-refractivity contribution in [2.75, 3.05) is 33.8 Å². The van der Waals surface area contributed by atoms with Crippen LogP contribution >= 0.6 is 12.4 Å². The molecule has 0 saturated heterocycles. The number of hydrogen-bond acceptors (Lipinski definition) is 6. The molecule has 0 unspecified atom stereocenters. The molecule has 1 aromatic heterocycles. The molecule has 4 rings (SSSR count). The van der Waals surface area contributed by atoms with Gasteiger partial charge in [-0.15, -0.1) is 12.4 Å². The molecule has 0 atom stereocenters. The molecule has 1 amide bonds. The Hall–Kier alpha value is -3.36. The smallest absolute Gasteiger partial charge is 0.341 e. The van der Waals surface area contributed by atoms with Crippen LogP contribution in [0, 0.1) is 6.92 Å². The summed E-state index contributed by atoms with van der Waals surface area (Å²) in [6.07, 6.45) is 0.524. The Labute approximate surface area is 203 Å². The number of carboxylic acid groups (broad SMARTS) is 1. The number of carbonyl (C=O) groups excluding carboxylic acids is 1. The largest absolute Gasteiger partial charge is 0.492 e. The Morgan fingerprint density at radius 2 is 1.76 bits per heavy atom. The summed E-state index contributed by atoms with van der Waals surface area (Å²) in [4.78, 5) is 40.4. The number of rotatable bonds is 6. The first kappa shape index (κ1) is 25.3. The summed E-state index contributed by atoms with van der Waals surface area (Å²) in [7, 11) is 3.95. The van der Waals surface area contributed by atoms with Gasteiger partial charge in [0.1, 0.15) is 17.9 Å². The van der Waals surface area contributed by atoms with E-state index in [1.54, 1.807) is 4.90 Å². The molecule has 1 aliphatic rings. The van der Waals surface area contributed by atoms with Crippen LogP contribution in [0.25, 0.3) is 11.0 Å². The van der Waals surface area contributed by atoms with Gasteiger partial charge < -0.3 is 24.1 Å². The van der Waals surface area contributed by atoms with E-state index in [2.05, 4.69) is 0 Å². The molecule has 0 spiro atoms. The van der Waals surface area contributed by atoms with E-state index in [1.807, 2.05) is 38.1 Å². The van der Waals surface area contributed by atoms with Crippen LogP contribution in [0.1, 0.15) is 37.4 Å². The lowest BCUT2D eigenvalue weighted by atomic mass is 9.95. The van der Waals surface area contributed by atoms with Crippen molar-refractivity contribution in [1.82, 2.24) is 9.80 Å². The lowest BCUT2D eigenvalue weighted by molar-refractivity contribution is 0.0692. The van der Waals surface area contributed by atoms with E-state index in [9.17, 15) is 14.4 Å². The van der Waals surface area contributed by atoms with Crippen LogP contribution in [-0.2, 0) is 13.0 Å². The first-order chi connectivity index (χ1) is 15.8. The molecule has 2 aromatic carbocycles. The maximum atomic E-state index is 12.9. The number of carboxylic acids is 1. The minimum atomic E-state index is -1.05. The molecule has 2 heterocycles. The molecule has 180 valence electrons. The third-order valence-corrected chi connectivity index (χ3v) is 5.93. The van der Waals surface area contributed by atoms with Crippen LogP contribution in [-0.4, -0.2) is 60.6 Å². The quantitative estimate of drug-likeness (QED) is 0.533. The molecule has 1 N–H and O–H groups in total. The van der Waals surface area contributed by atoms with Gasteiger partial charge >= 0.3 is 11.6 Å². The van der Waals surface area contributed by atoms with E-state index < -0.39 is 11.6 Å². The molecule has 0 aliphatic carbocycles. The van der Waals surface area contributed by atoms with Crippen LogP contribution in [0.3, 0.4) is 0 Å². The Morgan fingerprint density at radius 3 is 2.41 bits per heavy atom. The highest BCUT2D eigenvalue weighted by molar-refractivity contribution is 5.96. The minimum absolute atomic E-state index is 0. The summed E-state index contributed by atoms with van der Waals surface area (Å²) in [6.45, 7) is 3.77. The van der Waals surface area contributed by atoms with Crippen molar-refractivity contribution in [3.05, 3.63) is 74.6 Å². The van der Waals surface area contributed by atoms with Gasteiger partial charge in [0.25, 0.3) is 5.91 Å². The van der Waals surface area contributed by atoms with Gasteiger partial charge in [-0.2, -0.15) is 0 Å². The summed E-state index contributed by atoms with van der Waals surface area (Å²) in [5.41, 5.74) is 2.71. The fraction of sp³-hybridized carbons (Fsp3) is 0.320. The van der Waals surface area contributed by atoms with Gasteiger partial charge in [-0.05, 0) is 69.4 Å². The van der Waals surface area contributed by atoms with Gasteiger partial charge in [-0.25, -0.2) is 9.59 Å². The van der Waals surface area contributed by atoms with Crippen molar-refractivity contribution in [2.24, 2.45) is 0 Å². The molecule has 34 heavy (non-hydrogen) atoms. The first-order valence-corrected chi connectivity index (χ1v) is 10.7. The van der Waals surface area contributed by atoms with Gasteiger partial charge in [0.15, 0.2) is 0 Å². The second-order valence-electron chi connectivity index (χ2n) is 8.42. The predicted molar refractivity (Wildman–Crippen MR) is 130 cm³/mol. The Kier molecular flexibility index (Phi) is 7.64. The van der Waals surface area contributed by atoms with Gasteiger partial charge in [-0.1, -0.05) is 0 Å². The Morgan fingerprint density at radius 1 is 1.09 bits per heavy atom. The zero-order valence-electron chi connectivity index (χ0n) is 19.3. The summed E-state index contributed by atoms with van der Waals surface area (Å²) < 4.78 is 11.6. The van der Waals surface area contributed by atoms with Crippen LogP contribution in [0.4, 0.5) is 0 Å². The number of aryl methyl sites for hydroxylation is 1. The molecular weight excluding hydrogens is 460 g/mol. The molecule has 9 heteroatoms. The lowest BCUT2D eigenvalue weighted by Crippen LogP contribution is -2.38. The maximum absolute atomic E-state index is 12.9. The number of amides is 1. The molecular formula is C25H27ClN2O6. The third kappa shape index (κ3) is 4.93. The average molecular weight is 487 g/mol. The zero-order valence-corrected chi connectivity index (χ0v) is 20.1. The molecule has 0 radical (unpaired) electrons. The third-order valence-electron chi connectivity index (χ3n) is 5.93. The van der Waals surface area contributed by atoms with E-state index in [0.717, 1.165) is 23.1 Å². The van der Waals surface area contributed by atoms with Crippen molar-refractivity contribution in [3.63, 3.8) is 0 Å². The summed E-state index contributed by atoms with van der Waals surface area (Å²) in [5.74, 6) is -0.616. The lowest BCUT2D eigenvalue weighted by Gasteiger charge is -2.29. The Bertz CT molecular complexity index is 1280. The van der Waals surface area contributed by atoms with Crippen molar-refractivity contribution in [3.8, 4) is 5.75 Å². The predicted octanol–water partition coefficient (Wildman–Crippen LogP) is 3.36. The molecule has 8 nitrogen and oxygen atoms in total. The van der Waals surface area contributed by atoms with Gasteiger partial charge in [0.05, 0.1) is 17.7 Å². The normalized spacial score (nSPS) is 12.9.